The van der Waals surface area contributed by atoms with E-state index in [1.807, 2.05) is 13.8 Å². The zero-order chi connectivity index (χ0) is 10.4. The van der Waals surface area contributed by atoms with Crippen molar-refractivity contribution < 1.29 is 4.74 Å². The fourth-order valence-corrected chi connectivity index (χ4v) is 1.23. The Hall–Kier alpha value is -1.03. The number of unbranched alkanes of at least 4 members (excludes halogenated alkanes) is 1. The van der Waals surface area contributed by atoms with E-state index in [0.29, 0.717) is 6.10 Å². The minimum absolute atomic E-state index is 0.0326. The molecule has 0 bridgehead atoms. The van der Waals surface area contributed by atoms with Gasteiger partial charge in [0.25, 0.3) is 0 Å². The molecule has 0 radical (unpaired) electrons. The monoisotopic (exact) mass is 198 g/mol. The van der Waals surface area contributed by atoms with Crippen LogP contribution in [0.3, 0.4) is 0 Å². The Morgan fingerprint density at radius 1 is 1.50 bits per heavy atom. The Labute approximate surface area is 83.9 Å². The lowest BCUT2D eigenvalue weighted by atomic mass is 10.3. The minimum atomic E-state index is -0.0326. The van der Waals surface area contributed by atoms with Gasteiger partial charge in [-0.15, -0.1) is 0 Å². The fraction of sp³-hybridized carbons (Fsp3) is 0.700. The summed E-state index contributed by atoms with van der Waals surface area (Å²) in [6.07, 6.45) is 5.70. The molecule has 0 atom stereocenters. The van der Waals surface area contributed by atoms with Crippen LogP contribution < -0.4 is 5.69 Å². The van der Waals surface area contributed by atoms with E-state index < -0.39 is 0 Å². The summed E-state index contributed by atoms with van der Waals surface area (Å²) in [5.41, 5.74) is -0.0326. The average Bonchev–Trinajstić information content (AvgIpc) is 2.51. The highest BCUT2D eigenvalue weighted by molar-refractivity contribution is 4.75. The lowest BCUT2D eigenvalue weighted by Crippen LogP contribution is -2.16. The van der Waals surface area contributed by atoms with Crippen molar-refractivity contribution in [3.8, 4) is 0 Å². The number of nitrogens with one attached hydrogen (secondary N) is 1. The Balaban J connectivity index is 2.11. The van der Waals surface area contributed by atoms with Crippen molar-refractivity contribution in [3.63, 3.8) is 0 Å². The molecule has 1 rings (SSSR count). The van der Waals surface area contributed by atoms with Crippen LogP contribution in [0, 0.1) is 0 Å². The molecule has 0 amide bonds. The molecule has 0 spiro atoms. The molecule has 0 aliphatic carbocycles. The van der Waals surface area contributed by atoms with Gasteiger partial charge in [0.05, 0.1) is 6.10 Å². The van der Waals surface area contributed by atoms with Crippen molar-refractivity contribution in [2.75, 3.05) is 6.61 Å². The number of imidazole rings is 1. The van der Waals surface area contributed by atoms with Crippen LogP contribution in [0.4, 0.5) is 0 Å². The third-order valence-electron chi connectivity index (χ3n) is 1.97. The van der Waals surface area contributed by atoms with Gasteiger partial charge in [-0.1, -0.05) is 0 Å². The second-order valence-electron chi connectivity index (χ2n) is 3.59. The Morgan fingerprint density at radius 3 is 2.86 bits per heavy atom. The SMILES string of the molecule is CC(C)OCCCCn1cc[nH]c1=O. The number of aromatic nitrogens is 2. The van der Waals surface area contributed by atoms with Crippen LogP contribution in [0.5, 0.6) is 0 Å². The first-order valence-corrected chi connectivity index (χ1v) is 5.05. The van der Waals surface area contributed by atoms with Crippen molar-refractivity contribution in [1.29, 1.82) is 0 Å². The largest absolute Gasteiger partial charge is 0.379 e. The molecule has 1 heterocycles. The maximum absolute atomic E-state index is 11.1. The first-order valence-electron chi connectivity index (χ1n) is 5.05. The van der Waals surface area contributed by atoms with Crippen LogP contribution in [0.1, 0.15) is 26.7 Å². The number of hydrogen-bond acceptors (Lipinski definition) is 2. The van der Waals surface area contributed by atoms with E-state index in [-0.39, 0.29) is 5.69 Å². The normalized spacial score (nSPS) is 11.1. The van der Waals surface area contributed by atoms with E-state index in [1.54, 1.807) is 17.0 Å². The van der Waals surface area contributed by atoms with Gasteiger partial charge in [-0.05, 0) is 26.7 Å². The quantitative estimate of drug-likeness (QED) is 0.702. The van der Waals surface area contributed by atoms with Crippen LogP contribution in [-0.2, 0) is 11.3 Å². The molecule has 1 aromatic rings. The van der Waals surface area contributed by atoms with Gasteiger partial charge >= 0.3 is 5.69 Å². The second-order valence-corrected chi connectivity index (χ2v) is 3.59. The summed E-state index contributed by atoms with van der Waals surface area (Å²) in [5.74, 6) is 0. The van der Waals surface area contributed by atoms with Gasteiger partial charge in [-0.25, -0.2) is 4.79 Å². The molecule has 4 heteroatoms. The van der Waals surface area contributed by atoms with Gasteiger partial charge in [0.15, 0.2) is 0 Å². The van der Waals surface area contributed by atoms with E-state index in [0.717, 1.165) is 26.0 Å². The zero-order valence-electron chi connectivity index (χ0n) is 8.82. The maximum Gasteiger partial charge on any atom is 0.325 e. The van der Waals surface area contributed by atoms with Crippen molar-refractivity contribution in [2.24, 2.45) is 0 Å². The van der Waals surface area contributed by atoms with Gasteiger partial charge in [0, 0.05) is 25.5 Å². The first-order chi connectivity index (χ1) is 6.70. The third-order valence-corrected chi connectivity index (χ3v) is 1.97. The van der Waals surface area contributed by atoms with Crippen molar-refractivity contribution in [3.05, 3.63) is 22.9 Å². The number of ether oxygens (including phenoxy) is 1. The van der Waals surface area contributed by atoms with E-state index in [1.165, 1.54) is 0 Å². The van der Waals surface area contributed by atoms with Crippen molar-refractivity contribution >= 4 is 0 Å². The number of aryl methyl sites for hydroxylation is 1. The summed E-state index contributed by atoms with van der Waals surface area (Å²) in [4.78, 5) is 13.7. The number of rotatable bonds is 6. The highest BCUT2D eigenvalue weighted by atomic mass is 16.5. The molecular formula is C10H18N2O2. The van der Waals surface area contributed by atoms with Gasteiger partial charge in [-0.2, -0.15) is 0 Å². The molecule has 1 N–H and O–H groups in total. The second kappa shape index (κ2) is 5.65. The van der Waals surface area contributed by atoms with E-state index in [4.69, 9.17) is 4.74 Å². The molecular weight excluding hydrogens is 180 g/mol. The van der Waals surface area contributed by atoms with Crippen molar-refractivity contribution in [2.45, 2.75) is 39.3 Å². The Morgan fingerprint density at radius 2 is 2.29 bits per heavy atom. The predicted molar refractivity (Wildman–Crippen MR) is 55.4 cm³/mol. The molecule has 80 valence electrons. The number of hydrogen-bond donors (Lipinski definition) is 1. The van der Waals surface area contributed by atoms with E-state index in [2.05, 4.69) is 4.98 Å². The molecule has 0 saturated heterocycles. The molecule has 0 unspecified atom stereocenters. The molecule has 0 saturated carbocycles. The summed E-state index contributed by atoms with van der Waals surface area (Å²) in [6, 6.07) is 0. The number of aromatic amines is 1. The summed E-state index contributed by atoms with van der Waals surface area (Å²) >= 11 is 0. The van der Waals surface area contributed by atoms with Crippen LogP contribution >= 0.6 is 0 Å². The van der Waals surface area contributed by atoms with E-state index >= 15 is 0 Å². The molecule has 0 fully saturated rings. The molecule has 4 nitrogen and oxygen atoms in total. The molecule has 0 aromatic carbocycles. The van der Waals surface area contributed by atoms with Crippen molar-refractivity contribution in [1.82, 2.24) is 9.55 Å². The average molecular weight is 198 g/mol. The Bertz CT molecular complexity index is 301. The van der Waals surface area contributed by atoms with Crippen LogP contribution in [0.15, 0.2) is 17.2 Å². The standard InChI is InChI=1S/C10H18N2O2/c1-9(2)14-8-4-3-6-12-7-5-11-10(12)13/h5,7,9H,3-4,6,8H2,1-2H3,(H,11,13). The van der Waals surface area contributed by atoms with Gasteiger partial charge in [-0.3, -0.25) is 4.57 Å². The van der Waals surface area contributed by atoms with Gasteiger partial charge in [0.1, 0.15) is 0 Å². The number of H-pyrrole nitrogens is 1. The van der Waals surface area contributed by atoms with Crippen LogP contribution in [0.2, 0.25) is 0 Å². The highest BCUT2D eigenvalue weighted by Crippen LogP contribution is 1.96. The maximum atomic E-state index is 11.1. The highest BCUT2D eigenvalue weighted by Gasteiger charge is 1.96. The zero-order valence-corrected chi connectivity index (χ0v) is 8.82. The molecule has 1 aromatic heterocycles. The smallest absolute Gasteiger partial charge is 0.325 e. The fourth-order valence-electron chi connectivity index (χ4n) is 1.23. The molecule has 0 aliphatic rings. The topological polar surface area (TPSA) is 47.0 Å². The van der Waals surface area contributed by atoms with Crippen LogP contribution in [-0.4, -0.2) is 22.3 Å². The van der Waals surface area contributed by atoms with Crippen LogP contribution in [0.25, 0.3) is 0 Å². The lowest BCUT2D eigenvalue weighted by Gasteiger charge is -2.06. The Kier molecular flexibility index (Phi) is 4.46. The van der Waals surface area contributed by atoms with E-state index in [9.17, 15) is 4.79 Å². The molecule has 14 heavy (non-hydrogen) atoms. The summed E-state index contributed by atoms with van der Waals surface area (Å²) in [6.45, 7) is 5.59. The first kappa shape index (κ1) is 11.0. The molecule has 0 aliphatic heterocycles. The number of nitrogens with zero attached hydrogens (tertiary/aromatic N) is 1. The lowest BCUT2D eigenvalue weighted by molar-refractivity contribution is 0.0754. The minimum Gasteiger partial charge on any atom is -0.379 e. The summed E-state index contributed by atoms with van der Waals surface area (Å²) in [7, 11) is 0. The summed E-state index contributed by atoms with van der Waals surface area (Å²) < 4.78 is 7.07. The summed E-state index contributed by atoms with van der Waals surface area (Å²) in [5, 5.41) is 0. The third kappa shape index (κ3) is 3.79. The predicted octanol–water partition coefficient (Wildman–Crippen LogP) is 1.38. The van der Waals surface area contributed by atoms with Gasteiger partial charge in [0.2, 0.25) is 0 Å². The van der Waals surface area contributed by atoms with Gasteiger partial charge < -0.3 is 9.72 Å².